The zero-order chi connectivity index (χ0) is 11.1. The van der Waals surface area contributed by atoms with Gasteiger partial charge in [0.05, 0.1) is 22.8 Å². The van der Waals surface area contributed by atoms with Gasteiger partial charge in [0.25, 0.3) is 0 Å². The van der Waals surface area contributed by atoms with Gasteiger partial charge in [0.2, 0.25) is 5.91 Å². The highest BCUT2D eigenvalue weighted by molar-refractivity contribution is 6.30. The van der Waals surface area contributed by atoms with Crippen molar-refractivity contribution in [1.82, 2.24) is 9.78 Å². The van der Waals surface area contributed by atoms with Crippen LogP contribution in [0.5, 0.6) is 0 Å². The van der Waals surface area contributed by atoms with E-state index in [0.29, 0.717) is 17.9 Å². The fourth-order valence-corrected chi connectivity index (χ4v) is 2.16. The third-order valence-electron chi connectivity index (χ3n) is 2.96. The van der Waals surface area contributed by atoms with Crippen LogP contribution in [-0.2, 0) is 4.79 Å². The second-order valence-electron chi connectivity index (χ2n) is 4.06. The molecule has 0 aromatic carbocycles. The van der Waals surface area contributed by atoms with E-state index in [1.807, 2.05) is 0 Å². The lowest BCUT2D eigenvalue weighted by Gasteiger charge is -2.19. The number of hydrogen-bond acceptors (Lipinski definition) is 3. The molecule has 1 amide bonds. The van der Waals surface area contributed by atoms with Crippen LogP contribution >= 0.6 is 11.6 Å². The minimum absolute atomic E-state index is 0.120. The molecule has 1 aliphatic carbocycles. The molecular formula is C9H13ClN4O. The topological polar surface area (TPSA) is 86.9 Å². The summed E-state index contributed by atoms with van der Waals surface area (Å²) in [7, 11) is 0. The summed E-state index contributed by atoms with van der Waals surface area (Å²) in [5.74, 6) is -0.441. The molecule has 82 valence electrons. The van der Waals surface area contributed by atoms with Gasteiger partial charge < -0.3 is 11.5 Å². The highest BCUT2D eigenvalue weighted by Gasteiger charge is 2.41. The smallest absolute Gasteiger partial charge is 0.237 e. The predicted molar refractivity (Wildman–Crippen MR) is 56.2 cm³/mol. The molecule has 1 fully saturated rings. The summed E-state index contributed by atoms with van der Waals surface area (Å²) in [5.41, 5.74) is 10.3. The third-order valence-corrected chi connectivity index (χ3v) is 3.15. The number of amides is 1. The first-order valence-electron chi connectivity index (χ1n) is 4.80. The maximum absolute atomic E-state index is 11.1. The largest absolute Gasteiger partial charge is 0.368 e. The summed E-state index contributed by atoms with van der Waals surface area (Å²) >= 11 is 5.77. The van der Waals surface area contributed by atoms with Crippen molar-refractivity contribution in [1.29, 1.82) is 0 Å². The molecule has 0 radical (unpaired) electrons. The molecule has 0 saturated heterocycles. The van der Waals surface area contributed by atoms with Crippen molar-refractivity contribution in [3.63, 3.8) is 0 Å². The highest BCUT2D eigenvalue weighted by atomic mass is 35.5. The number of nitrogens with two attached hydrogens (primary N) is 2. The van der Waals surface area contributed by atoms with Gasteiger partial charge in [-0.2, -0.15) is 5.10 Å². The average Bonchev–Trinajstić information content (AvgIpc) is 2.73. The second kappa shape index (κ2) is 3.50. The Morgan fingerprint density at radius 3 is 2.93 bits per heavy atom. The van der Waals surface area contributed by atoms with Crippen molar-refractivity contribution >= 4 is 17.5 Å². The van der Waals surface area contributed by atoms with Crippen molar-refractivity contribution < 1.29 is 4.79 Å². The van der Waals surface area contributed by atoms with Gasteiger partial charge in [0.1, 0.15) is 0 Å². The standard InChI is InChI=1S/C9H13ClN4O/c10-6-4-13-14(5-6)7-1-2-9(12,3-7)8(11)15/h4-5,7H,1-3,12H2,(H2,11,15). The number of primary amides is 1. The fraction of sp³-hybridized carbons (Fsp3) is 0.556. The molecule has 2 unspecified atom stereocenters. The molecule has 1 aromatic heterocycles. The number of carbonyl (C=O) groups is 1. The van der Waals surface area contributed by atoms with Crippen LogP contribution in [-0.4, -0.2) is 21.2 Å². The SMILES string of the molecule is NC(=O)C1(N)CCC(n2cc(Cl)cn2)C1. The highest BCUT2D eigenvalue weighted by Crippen LogP contribution is 2.35. The van der Waals surface area contributed by atoms with E-state index in [4.69, 9.17) is 23.1 Å². The molecule has 1 saturated carbocycles. The van der Waals surface area contributed by atoms with E-state index in [1.54, 1.807) is 17.1 Å². The predicted octanol–water partition coefficient (Wildman–Crippen LogP) is 0.444. The lowest BCUT2D eigenvalue weighted by molar-refractivity contribution is -0.123. The van der Waals surface area contributed by atoms with E-state index in [-0.39, 0.29) is 6.04 Å². The molecule has 0 bridgehead atoms. The Bertz CT molecular complexity index is 391. The van der Waals surface area contributed by atoms with E-state index in [0.717, 1.165) is 6.42 Å². The van der Waals surface area contributed by atoms with Gasteiger partial charge in [0.15, 0.2) is 0 Å². The summed E-state index contributed by atoms with van der Waals surface area (Å²) in [6, 6.07) is 0.120. The summed E-state index contributed by atoms with van der Waals surface area (Å²) in [6.07, 6.45) is 5.24. The summed E-state index contributed by atoms with van der Waals surface area (Å²) in [5, 5.41) is 4.69. The third kappa shape index (κ3) is 1.85. The van der Waals surface area contributed by atoms with Crippen LogP contribution in [0.25, 0.3) is 0 Å². The van der Waals surface area contributed by atoms with E-state index in [1.165, 1.54) is 0 Å². The number of aromatic nitrogens is 2. The molecule has 1 aliphatic rings. The molecule has 0 spiro atoms. The minimum Gasteiger partial charge on any atom is -0.368 e. The maximum Gasteiger partial charge on any atom is 0.237 e. The van der Waals surface area contributed by atoms with Gasteiger partial charge in [-0.25, -0.2) is 0 Å². The quantitative estimate of drug-likeness (QED) is 0.770. The van der Waals surface area contributed by atoms with Crippen molar-refractivity contribution in [3.8, 4) is 0 Å². The Morgan fingerprint density at radius 2 is 2.47 bits per heavy atom. The Kier molecular flexibility index (Phi) is 2.44. The Labute approximate surface area is 92.4 Å². The van der Waals surface area contributed by atoms with Crippen molar-refractivity contribution in [2.45, 2.75) is 30.8 Å². The average molecular weight is 229 g/mol. The number of rotatable bonds is 2. The van der Waals surface area contributed by atoms with Crippen molar-refractivity contribution in [3.05, 3.63) is 17.4 Å². The van der Waals surface area contributed by atoms with Crippen LogP contribution in [0.15, 0.2) is 12.4 Å². The Hall–Kier alpha value is -1.07. The molecule has 6 heteroatoms. The van der Waals surface area contributed by atoms with Gasteiger partial charge >= 0.3 is 0 Å². The van der Waals surface area contributed by atoms with Crippen molar-refractivity contribution in [2.75, 3.05) is 0 Å². The zero-order valence-corrected chi connectivity index (χ0v) is 8.94. The van der Waals surface area contributed by atoms with Gasteiger partial charge in [-0.05, 0) is 19.3 Å². The van der Waals surface area contributed by atoms with Gasteiger partial charge in [-0.1, -0.05) is 11.6 Å². The first-order chi connectivity index (χ1) is 7.01. The Balaban J connectivity index is 2.14. The van der Waals surface area contributed by atoms with Crippen LogP contribution < -0.4 is 11.5 Å². The summed E-state index contributed by atoms with van der Waals surface area (Å²) < 4.78 is 1.75. The van der Waals surface area contributed by atoms with Crippen molar-refractivity contribution in [2.24, 2.45) is 11.5 Å². The number of nitrogens with zero attached hydrogens (tertiary/aromatic N) is 2. The molecule has 0 aliphatic heterocycles. The molecule has 2 atom stereocenters. The summed E-state index contributed by atoms with van der Waals surface area (Å²) in [6.45, 7) is 0. The zero-order valence-electron chi connectivity index (χ0n) is 8.19. The van der Waals surface area contributed by atoms with Crippen LogP contribution in [0.1, 0.15) is 25.3 Å². The van der Waals surface area contributed by atoms with Crippen LogP contribution in [0, 0.1) is 0 Å². The van der Waals surface area contributed by atoms with Crippen LogP contribution in [0.3, 0.4) is 0 Å². The van der Waals surface area contributed by atoms with Gasteiger partial charge in [-0.3, -0.25) is 9.48 Å². The lowest BCUT2D eigenvalue weighted by Crippen LogP contribution is -2.49. The summed E-state index contributed by atoms with van der Waals surface area (Å²) in [4.78, 5) is 11.1. The second-order valence-corrected chi connectivity index (χ2v) is 4.49. The molecule has 1 aromatic rings. The molecule has 4 N–H and O–H groups in total. The van der Waals surface area contributed by atoms with E-state index >= 15 is 0 Å². The first-order valence-corrected chi connectivity index (χ1v) is 5.17. The first kappa shape index (κ1) is 10.4. The minimum atomic E-state index is -0.886. The van der Waals surface area contributed by atoms with Gasteiger partial charge in [0, 0.05) is 6.20 Å². The molecule has 1 heterocycles. The van der Waals surface area contributed by atoms with E-state index in [9.17, 15) is 4.79 Å². The Morgan fingerprint density at radius 1 is 1.73 bits per heavy atom. The normalized spacial score (nSPS) is 30.7. The molecule has 15 heavy (non-hydrogen) atoms. The molecular weight excluding hydrogens is 216 g/mol. The number of halogens is 1. The fourth-order valence-electron chi connectivity index (χ4n) is 2.01. The number of hydrogen-bond donors (Lipinski definition) is 2. The lowest BCUT2D eigenvalue weighted by atomic mass is 9.98. The monoisotopic (exact) mass is 228 g/mol. The maximum atomic E-state index is 11.1. The number of carbonyl (C=O) groups excluding carboxylic acids is 1. The van der Waals surface area contributed by atoms with E-state index < -0.39 is 11.4 Å². The van der Waals surface area contributed by atoms with Gasteiger partial charge in [-0.15, -0.1) is 0 Å². The molecule has 2 rings (SSSR count). The van der Waals surface area contributed by atoms with Crippen LogP contribution in [0.2, 0.25) is 5.02 Å². The van der Waals surface area contributed by atoms with Crippen LogP contribution in [0.4, 0.5) is 0 Å². The molecule has 5 nitrogen and oxygen atoms in total. The van der Waals surface area contributed by atoms with E-state index in [2.05, 4.69) is 5.10 Å².